The van der Waals surface area contributed by atoms with E-state index in [1.165, 1.54) is 11.3 Å². The zero-order chi connectivity index (χ0) is 11.4. The Labute approximate surface area is 101 Å². The molecule has 3 nitrogen and oxygen atoms in total. The minimum absolute atomic E-state index is 0.620. The van der Waals surface area contributed by atoms with Gasteiger partial charge in [-0.25, -0.2) is 4.21 Å². The molecule has 1 atom stereocenters. The van der Waals surface area contributed by atoms with Crippen molar-refractivity contribution in [3.8, 4) is 5.75 Å². The zero-order valence-electron chi connectivity index (χ0n) is 8.67. The molecular formula is C11H11NO2S2. The van der Waals surface area contributed by atoms with Crippen LogP contribution in [0.5, 0.6) is 5.75 Å². The van der Waals surface area contributed by atoms with Crippen LogP contribution in [-0.4, -0.2) is 11.3 Å². The second-order valence-electron chi connectivity index (χ2n) is 3.03. The van der Waals surface area contributed by atoms with Gasteiger partial charge in [0.1, 0.15) is 0 Å². The van der Waals surface area contributed by atoms with Crippen molar-refractivity contribution < 1.29 is 8.39 Å². The number of hydrogen-bond acceptors (Lipinski definition) is 4. The van der Waals surface area contributed by atoms with Crippen molar-refractivity contribution in [1.29, 1.82) is 0 Å². The Morgan fingerprint density at radius 2 is 2.00 bits per heavy atom. The van der Waals surface area contributed by atoms with E-state index < -0.39 is 11.1 Å². The summed E-state index contributed by atoms with van der Waals surface area (Å²) in [5.74, 6) is 0.620. The van der Waals surface area contributed by atoms with Gasteiger partial charge in [-0.15, -0.1) is 11.3 Å². The van der Waals surface area contributed by atoms with Crippen LogP contribution in [0.15, 0.2) is 46.0 Å². The first-order chi connectivity index (χ1) is 7.81. The SMILES string of the molecule is CNc1cscc1OS(=O)c1ccccc1. The van der Waals surface area contributed by atoms with Crippen LogP contribution < -0.4 is 9.50 Å². The molecule has 16 heavy (non-hydrogen) atoms. The fourth-order valence-electron chi connectivity index (χ4n) is 1.19. The maximum atomic E-state index is 11.8. The smallest absolute Gasteiger partial charge is 0.240 e. The first-order valence-corrected chi connectivity index (χ1v) is 6.72. The van der Waals surface area contributed by atoms with Crippen molar-refractivity contribution in [3.05, 3.63) is 41.1 Å². The van der Waals surface area contributed by atoms with E-state index in [1.807, 2.05) is 29.0 Å². The Hall–Kier alpha value is -1.33. The van der Waals surface area contributed by atoms with Gasteiger partial charge in [0.05, 0.1) is 10.6 Å². The fraction of sp³-hybridized carbons (Fsp3) is 0.0909. The lowest BCUT2D eigenvalue weighted by Crippen LogP contribution is -2.01. The first-order valence-electron chi connectivity index (χ1n) is 4.70. The monoisotopic (exact) mass is 253 g/mol. The van der Waals surface area contributed by atoms with Gasteiger partial charge in [-0.1, -0.05) is 18.2 Å². The summed E-state index contributed by atoms with van der Waals surface area (Å²) in [7, 11) is 1.81. The normalized spacial score (nSPS) is 12.1. The van der Waals surface area contributed by atoms with Gasteiger partial charge in [-0.3, -0.25) is 0 Å². The van der Waals surface area contributed by atoms with E-state index >= 15 is 0 Å². The molecule has 1 N–H and O–H groups in total. The van der Waals surface area contributed by atoms with Crippen LogP contribution in [0.25, 0.3) is 0 Å². The molecule has 1 heterocycles. The summed E-state index contributed by atoms with van der Waals surface area (Å²) in [5, 5.41) is 6.72. The third-order valence-electron chi connectivity index (χ3n) is 2.00. The molecule has 0 aliphatic carbocycles. The summed E-state index contributed by atoms with van der Waals surface area (Å²) in [6.45, 7) is 0. The van der Waals surface area contributed by atoms with Crippen LogP contribution in [0.2, 0.25) is 0 Å². The summed E-state index contributed by atoms with van der Waals surface area (Å²) < 4.78 is 17.2. The van der Waals surface area contributed by atoms with E-state index in [2.05, 4.69) is 5.32 Å². The number of hydrogen-bond donors (Lipinski definition) is 1. The van der Waals surface area contributed by atoms with Crippen LogP contribution in [0.3, 0.4) is 0 Å². The third kappa shape index (κ3) is 2.43. The lowest BCUT2D eigenvalue weighted by atomic mass is 10.4. The van der Waals surface area contributed by atoms with Gasteiger partial charge in [0.15, 0.2) is 5.75 Å². The van der Waals surface area contributed by atoms with Crippen molar-refractivity contribution in [2.24, 2.45) is 0 Å². The summed E-state index contributed by atoms with van der Waals surface area (Å²) in [6, 6.07) is 9.11. The van der Waals surface area contributed by atoms with Gasteiger partial charge in [0.2, 0.25) is 11.1 Å². The highest BCUT2D eigenvalue weighted by Gasteiger charge is 2.09. The molecule has 0 saturated heterocycles. The van der Waals surface area contributed by atoms with Crippen molar-refractivity contribution in [2.45, 2.75) is 4.90 Å². The van der Waals surface area contributed by atoms with Crippen LogP contribution in [0, 0.1) is 0 Å². The molecule has 0 radical (unpaired) electrons. The molecule has 1 aromatic heterocycles. The molecule has 1 unspecified atom stereocenters. The predicted molar refractivity (Wildman–Crippen MR) is 67.3 cm³/mol. The van der Waals surface area contributed by atoms with Crippen LogP contribution >= 0.6 is 11.3 Å². The highest BCUT2D eigenvalue weighted by molar-refractivity contribution is 7.80. The van der Waals surface area contributed by atoms with Gasteiger partial charge in [-0.05, 0) is 12.1 Å². The Balaban J connectivity index is 2.14. The lowest BCUT2D eigenvalue weighted by molar-refractivity contribution is 0.565. The number of anilines is 1. The van der Waals surface area contributed by atoms with E-state index in [-0.39, 0.29) is 0 Å². The Morgan fingerprint density at radius 1 is 1.25 bits per heavy atom. The predicted octanol–water partition coefficient (Wildman–Crippen LogP) is 2.89. The largest absolute Gasteiger partial charge is 0.394 e. The molecule has 0 saturated carbocycles. The van der Waals surface area contributed by atoms with E-state index in [0.717, 1.165) is 5.69 Å². The highest BCUT2D eigenvalue weighted by Crippen LogP contribution is 2.30. The molecule has 0 fully saturated rings. The number of nitrogens with one attached hydrogen (secondary N) is 1. The van der Waals surface area contributed by atoms with Gasteiger partial charge >= 0.3 is 0 Å². The maximum absolute atomic E-state index is 11.8. The standard InChI is InChI=1S/C11H11NO2S2/c1-12-10-7-15-8-11(10)14-16(13)9-5-3-2-4-6-9/h2-8,12H,1H3. The highest BCUT2D eigenvalue weighted by atomic mass is 32.2. The fourth-order valence-corrected chi connectivity index (χ4v) is 2.77. The van der Waals surface area contributed by atoms with Gasteiger partial charge in [0.25, 0.3) is 0 Å². The third-order valence-corrected chi connectivity index (χ3v) is 3.71. The van der Waals surface area contributed by atoms with Crippen LogP contribution in [0.4, 0.5) is 5.69 Å². The van der Waals surface area contributed by atoms with Crippen molar-refractivity contribution >= 4 is 28.1 Å². The average molecular weight is 253 g/mol. The van der Waals surface area contributed by atoms with Crippen molar-refractivity contribution in [1.82, 2.24) is 0 Å². The molecule has 0 aliphatic rings. The average Bonchev–Trinajstić information content (AvgIpc) is 2.77. The van der Waals surface area contributed by atoms with E-state index in [4.69, 9.17) is 4.18 Å². The van der Waals surface area contributed by atoms with Crippen LogP contribution in [0.1, 0.15) is 0 Å². The zero-order valence-corrected chi connectivity index (χ0v) is 10.3. The molecule has 5 heteroatoms. The van der Waals surface area contributed by atoms with Gasteiger partial charge in [-0.2, -0.15) is 0 Å². The minimum atomic E-state index is -1.46. The number of rotatable bonds is 4. The minimum Gasteiger partial charge on any atom is -0.394 e. The second-order valence-corrected chi connectivity index (χ2v) is 4.88. The topological polar surface area (TPSA) is 38.3 Å². The van der Waals surface area contributed by atoms with Crippen molar-refractivity contribution in [2.75, 3.05) is 12.4 Å². The first kappa shape index (κ1) is 11.2. The second kappa shape index (κ2) is 5.14. The quantitative estimate of drug-likeness (QED) is 0.910. The Bertz CT molecular complexity index is 482. The Kier molecular flexibility index (Phi) is 3.58. The molecule has 84 valence electrons. The molecule has 0 aliphatic heterocycles. The summed E-state index contributed by atoms with van der Waals surface area (Å²) in [5.41, 5.74) is 0.856. The van der Waals surface area contributed by atoms with Gasteiger partial charge < -0.3 is 9.50 Å². The Morgan fingerprint density at radius 3 is 2.69 bits per heavy atom. The number of thiophene rings is 1. The van der Waals surface area contributed by atoms with Crippen LogP contribution in [-0.2, 0) is 11.1 Å². The van der Waals surface area contributed by atoms with Crippen molar-refractivity contribution in [3.63, 3.8) is 0 Å². The summed E-state index contributed by atoms with van der Waals surface area (Å²) in [6.07, 6.45) is 0. The molecular weight excluding hydrogens is 242 g/mol. The summed E-state index contributed by atoms with van der Waals surface area (Å²) >= 11 is 0.0480. The molecule has 0 amide bonds. The molecule has 0 bridgehead atoms. The molecule has 2 rings (SSSR count). The molecule has 1 aromatic carbocycles. The molecule has 2 aromatic rings. The lowest BCUT2D eigenvalue weighted by Gasteiger charge is -2.05. The number of benzene rings is 1. The molecule has 0 spiro atoms. The van der Waals surface area contributed by atoms with Gasteiger partial charge in [0, 0.05) is 17.8 Å². The van der Waals surface area contributed by atoms with E-state index in [1.54, 1.807) is 19.2 Å². The summed E-state index contributed by atoms with van der Waals surface area (Å²) in [4.78, 5) is 0.663. The maximum Gasteiger partial charge on any atom is 0.240 e. The van der Waals surface area contributed by atoms with E-state index in [0.29, 0.717) is 10.6 Å². The van der Waals surface area contributed by atoms with E-state index in [9.17, 15) is 4.21 Å².